The molecule has 0 spiro atoms. The number of aryl methyl sites for hydroxylation is 1. The summed E-state index contributed by atoms with van der Waals surface area (Å²) in [4.78, 5) is 19.4. The number of ether oxygens (including phenoxy) is 1. The Bertz CT molecular complexity index is 1000. The van der Waals surface area contributed by atoms with Crippen LogP contribution in [0, 0.1) is 0 Å². The van der Waals surface area contributed by atoms with Crippen molar-refractivity contribution in [3.05, 3.63) is 83.6 Å². The molecule has 0 atom stereocenters. The molecule has 1 aliphatic heterocycles. The minimum Gasteiger partial charge on any atom is -0.496 e. The Kier molecular flexibility index (Phi) is 5.75. The van der Waals surface area contributed by atoms with Crippen molar-refractivity contribution in [1.29, 1.82) is 0 Å². The van der Waals surface area contributed by atoms with E-state index in [1.807, 2.05) is 36.4 Å². The molecule has 3 aromatic rings. The van der Waals surface area contributed by atoms with E-state index in [0.717, 1.165) is 36.5 Å². The Morgan fingerprint density at radius 1 is 1.14 bits per heavy atom. The zero-order valence-corrected chi connectivity index (χ0v) is 16.6. The summed E-state index contributed by atoms with van der Waals surface area (Å²) >= 11 is 0. The zero-order chi connectivity index (χ0) is 20.1. The predicted octanol–water partition coefficient (Wildman–Crippen LogP) is 4.15. The van der Waals surface area contributed by atoms with E-state index in [1.165, 1.54) is 11.3 Å². The highest BCUT2D eigenvalue weighted by atomic mass is 16.5. The van der Waals surface area contributed by atoms with E-state index in [2.05, 4.69) is 33.4 Å². The molecular formula is C24H25N3O2. The van der Waals surface area contributed by atoms with Gasteiger partial charge in [0.25, 0.3) is 5.91 Å². The topological polar surface area (TPSA) is 54.5 Å². The molecule has 1 aromatic heterocycles. The molecule has 29 heavy (non-hydrogen) atoms. The summed E-state index contributed by atoms with van der Waals surface area (Å²) in [6.07, 6.45) is 4.58. The maximum absolute atomic E-state index is 12.7. The van der Waals surface area contributed by atoms with E-state index >= 15 is 0 Å². The van der Waals surface area contributed by atoms with Crippen molar-refractivity contribution in [2.45, 2.75) is 19.3 Å². The van der Waals surface area contributed by atoms with Gasteiger partial charge in [-0.25, -0.2) is 4.98 Å². The molecule has 5 nitrogen and oxygen atoms in total. The van der Waals surface area contributed by atoms with Crippen molar-refractivity contribution in [2.75, 3.05) is 25.1 Å². The number of methoxy groups -OCH3 is 1. The van der Waals surface area contributed by atoms with Gasteiger partial charge >= 0.3 is 0 Å². The van der Waals surface area contributed by atoms with Gasteiger partial charge in [0.15, 0.2) is 0 Å². The van der Waals surface area contributed by atoms with Gasteiger partial charge in [-0.15, -0.1) is 0 Å². The molecule has 0 radical (unpaired) electrons. The fourth-order valence-corrected chi connectivity index (χ4v) is 3.80. The average molecular weight is 387 g/mol. The maximum atomic E-state index is 12.7. The van der Waals surface area contributed by atoms with Gasteiger partial charge < -0.3 is 15.0 Å². The highest BCUT2D eigenvalue weighted by Crippen LogP contribution is 2.32. The second-order valence-corrected chi connectivity index (χ2v) is 7.10. The van der Waals surface area contributed by atoms with Gasteiger partial charge in [-0.05, 0) is 54.7 Å². The summed E-state index contributed by atoms with van der Waals surface area (Å²) in [6.45, 7) is 1.45. The van der Waals surface area contributed by atoms with Crippen LogP contribution in [0.1, 0.15) is 27.9 Å². The number of nitrogens with one attached hydrogen (secondary N) is 1. The third-order valence-electron chi connectivity index (χ3n) is 5.27. The number of nitrogens with zero attached hydrogens (tertiary/aromatic N) is 2. The Hall–Kier alpha value is -3.34. The first-order valence-corrected chi connectivity index (χ1v) is 9.98. The first-order valence-electron chi connectivity index (χ1n) is 9.98. The van der Waals surface area contributed by atoms with Gasteiger partial charge in [-0.1, -0.05) is 36.4 Å². The molecule has 148 valence electrons. The predicted molar refractivity (Wildman–Crippen MR) is 115 cm³/mol. The van der Waals surface area contributed by atoms with Gasteiger partial charge in [0.1, 0.15) is 11.6 Å². The van der Waals surface area contributed by atoms with Crippen molar-refractivity contribution in [1.82, 2.24) is 10.3 Å². The standard InChI is InChI=1S/C24H25N3O2/c1-29-22-11-5-3-8-19(22)12-15-26-24(28)20-13-14-25-23(17-20)27-16-6-9-18-7-2-4-10-21(18)27/h2-5,7-8,10-11,13-14,17H,6,9,12,15-16H2,1H3,(H,26,28). The van der Waals surface area contributed by atoms with Crippen LogP contribution in [0.3, 0.4) is 0 Å². The summed E-state index contributed by atoms with van der Waals surface area (Å²) < 4.78 is 5.37. The normalized spacial score (nSPS) is 12.9. The van der Waals surface area contributed by atoms with E-state index in [9.17, 15) is 4.79 Å². The molecule has 0 saturated heterocycles. The Morgan fingerprint density at radius 3 is 2.86 bits per heavy atom. The number of anilines is 2. The summed E-state index contributed by atoms with van der Waals surface area (Å²) in [7, 11) is 1.66. The summed E-state index contributed by atoms with van der Waals surface area (Å²) in [5.41, 5.74) is 4.21. The zero-order valence-electron chi connectivity index (χ0n) is 16.6. The van der Waals surface area contributed by atoms with Gasteiger partial charge in [0.05, 0.1) is 7.11 Å². The molecule has 4 rings (SSSR count). The molecule has 2 heterocycles. The van der Waals surface area contributed by atoms with Gasteiger partial charge in [0, 0.05) is 30.5 Å². The van der Waals surface area contributed by atoms with Gasteiger partial charge in [-0.2, -0.15) is 0 Å². The maximum Gasteiger partial charge on any atom is 0.251 e. The van der Waals surface area contributed by atoms with E-state index < -0.39 is 0 Å². The smallest absolute Gasteiger partial charge is 0.251 e. The van der Waals surface area contributed by atoms with Crippen LogP contribution in [-0.2, 0) is 12.8 Å². The molecule has 2 aromatic carbocycles. The molecule has 0 aliphatic carbocycles. The SMILES string of the molecule is COc1ccccc1CCNC(=O)c1ccnc(N2CCCc3ccccc32)c1. The first-order chi connectivity index (χ1) is 14.3. The van der Waals surface area contributed by atoms with Gasteiger partial charge in [0.2, 0.25) is 0 Å². The number of rotatable bonds is 6. The number of carbonyl (C=O) groups excluding carboxylic acids is 1. The summed E-state index contributed by atoms with van der Waals surface area (Å²) in [6, 6.07) is 19.9. The fourth-order valence-electron chi connectivity index (χ4n) is 3.80. The Morgan fingerprint density at radius 2 is 1.97 bits per heavy atom. The molecule has 5 heteroatoms. The second-order valence-electron chi connectivity index (χ2n) is 7.10. The quantitative estimate of drug-likeness (QED) is 0.690. The van der Waals surface area contributed by atoms with Crippen LogP contribution in [0.2, 0.25) is 0 Å². The van der Waals surface area contributed by atoms with Crippen LogP contribution in [0.15, 0.2) is 66.9 Å². The van der Waals surface area contributed by atoms with Crippen molar-refractivity contribution < 1.29 is 9.53 Å². The molecule has 1 aliphatic rings. The van der Waals surface area contributed by atoms with E-state index in [4.69, 9.17) is 4.74 Å². The van der Waals surface area contributed by atoms with Crippen LogP contribution >= 0.6 is 0 Å². The minimum atomic E-state index is -0.0890. The summed E-state index contributed by atoms with van der Waals surface area (Å²) in [5, 5.41) is 3.01. The Labute approximate surface area is 171 Å². The number of hydrogen-bond acceptors (Lipinski definition) is 4. The fraction of sp³-hybridized carbons (Fsp3) is 0.250. The monoisotopic (exact) mass is 387 g/mol. The van der Waals surface area contributed by atoms with Gasteiger partial charge in [-0.3, -0.25) is 4.79 Å². The van der Waals surface area contributed by atoms with Crippen molar-refractivity contribution >= 4 is 17.4 Å². The van der Waals surface area contributed by atoms with Crippen molar-refractivity contribution in [3.63, 3.8) is 0 Å². The molecule has 0 bridgehead atoms. The van der Waals surface area contributed by atoms with Crippen molar-refractivity contribution in [3.8, 4) is 5.75 Å². The lowest BCUT2D eigenvalue weighted by Crippen LogP contribution is -2.28. The number of carbonyl (C=O) groups is 1. The third kappa shape index (κ3) is 4.24. The van der Waals surface area contributed by atoms with E-state index in [1.54, 1.807) is 19.4 Å². The minimum absolute atomic E-state index is 0.0890. The molecule has 1 amide bonds. The van der Waals surface area contributed by atoms with E-state index in [0.29, 0.717) is 18.5 Å². The van der Waals surface area contributed by atoms with Crippen LogP contribution in [0.4, 0.5) is 11.5 Å². The highest BCUT2D eigenvalue weighted by molar-refractivity contribution is 5.95. The van der Waals surface area contributed by atoms with Crippen molar-refractivity contribution in [2.24, 2.45) is 0 Å². The molecule has 0 unspecified atom stereocenters. The summed E-state index contributed by atoms with van der Waals surface area (Å²) in [5.74, 6) is 1.57. The highest BCUT2D eigenvalue weighted by Gasteiger charge is 2.19. The lowest BCUT2D eigenvalue weighted by atomic mass is 10.0. The van der Waals surface area contributed by atoms with Crippen LogP contribution < -0.4 is 15.0 Å². The largest absolute Gasteiger partial charge is 0.496 e. The van der Waals surface area contributed by atoms with Crippen LogP contribution in [-0.4, -0.2) is 31.1 Å². The van der Waals surface area contributed by atoms with Crippen LogP contribution in [0.25, 0.3) is 0 Å². The number of fused-ring (bicyclic) bond motifs is 1. The number of pyridine rings is 1. The lowest BCUT2D eigenvalue weighted by molar-refractivity contribution is 0.0954. The van der Waals surface area contributed by atoms with Crippen LogP contribution in [0.5, 0.6) is 5.75 Å². The number of para-hydroxylation sites is 2. The molecular weight excluding hydrogens is 362 g/mol. The number of benzene rings is 2. The second kappa shape index (κ2) is 8.78. The average Bonchev–Trinajstić information content (AvgIpc) is 2.79. The third-order valence-corrected chi connectivity index (χ3v) is 5.27. The molecule has 0 saturated carbocycles. The number of aromatic nitrogens is 1. The number of hydrogen-bond donors (Lipinski definition) is 1. The first kappa shape index (κ1) is 19.0. The number of amides is 1. The molecule has 1 N–H and O–H groups in total. The Balaban J connectivity index is 1.44. The molecule has 0 fully saturated rings. The van der Waals surface area contributed by atoms with E-state index in [-0.39, 0.29) is 5.91 Å². The lowest BCUT2D eigenvalue weighted by Gasteiger charge is -2.30.